The van der Waals surface area contributed by atoms with E-state index in [1.165, 1.54) is 38.4 Å². The highest BCUT2D eigenvalue weighted by atomic mass is 19.3. The lowest BCUT2D eigenvalue weighted by Crippen LogP contribution is -2.51. The van der Waals surface area contributed by atoms with Crippen molar-refractivity contribution in [1.29, 1.82) is 0 Å². The number of piperazine rings is 1. The molecule has 7 nitrogen and oxygen atoms in total. The molecular weight excluding hydrogens is 378 g/mol. The van der Waals surface area contributed by atoms with E-state index in [0.717, 1.165) is 36.9 Å². The van der Waals surface area contributed by atoms with Gasteiger partial charge in [-0.25, -0.2) is 23.5 Å². The van der Waals surface area contributed by atoms with Gasteiger partial charge in [0, 0.05) is 51.3 Å². The van der Waals surface area contributed by atoms with E-state index >= 15 is 0 Å². The van der Waals surface area contributed by atoms with E-state index < -0.39 is 18.5 Å². The van der Waals surface area contributed by atoms with E-state index in [2.05, 4.69) is 25.1 Å². The SMILES string of the molecule is O=C(Nc1cc(N2CCN(C3CCCCC3)CC2)ncn1)N1CCCC(F)(F)C1. The van der Waals surface area contributed by atoms with Crippen LogP contribution in [0.5, 0.6) is 0 Å². The first-order valence-corrected chi connectivity index (χ1v) is 10.7. The summed E-state index contributed by atoms with van der Waals surface area (Å²) in [5.41, 5.74) is 0. The summed E-state index contributed by atoms with van der Waals surface area (Å²) in [4.78, 5) is 26.8. The number of nitrogens with zero attached hydrogens (tertiary/aromatic N) is 5. The highest BCUT2D eigenvalue weighted by Crippen LogP contribution is 2.27. The fourth-order valence-electron chi connectivity index (χ4n) is 4.68. The third kappa shape index (κ3) is 5.12. The molecule has 9 heteroatoms. The molecule has 0 unspecified atom stereocenters. The Kier molecular flexibility index (Phi) is 6.12. The molecule has 29 heavy (non-hydrogen) atoms. The summed E-state index contributed by atoms with van der Waals surface area (Å²) >= 11 is 0. The van der Waals surface area contributed by atoms with Crippen molar-refractivity contribution >= 4 is 17.7 Å². The smallest absolute Gasteiger partial charge is 0.323 e. The Morgan fingerprint density at radius 3 is 2.52 bits per heavy atom. The van der Waals surface area contributed by atoms with E-state index in [9.17, 15) is 13.6 Å². The van der Waals surface area contributed by atoms with Crippen molar-refractivity contribution in [2.45, 2.75) is 56.9 Å². The molecule has 2 aliphatic heterocycles. The second-order valence-corrected chi connectivity index (χ2v) is 8.39. The van der Waals surface area contributed by atoms with Gasteiger partial charge in [0.2, 0.25) is 0 Å². The molecule has 1 aliphatic carbocycles. The van der Waals surface area contributed by atoms with Crippen molar-refractivity contribution in [1.82, 2.24) is 19.8 Å². The van der Waals surface area contributed by atoms with Gasteiger partial charge >= 0.3 is 6.03 Å². The number of carbonyl (C=O) groups is 1. The van der Waals surface area contributed by atoms with Crippen LogP contribution in [0.1, 0.15) is 44.9 Å². The quantitative estimate of drug-likeness (QED) is 0.832. The molecular formula is C20H30F2N6O. The standard InChI is InChI=1S/C20H30F2N6O/c21-20(22)7-4-8-28(14-20)19(29)25-17-13-18(24-15-23-17)27-11-9-26(10-12-27)16-5-2-1-3-6-16/h13,15-16H,1-12,14H2,(H,23,24,25,29). The van der Waals surface area contributed by atoms with Crippen molar-refractivity contribution in [3.63, 3.8) is 0 Å². The molecule has 2 saturated heterocycles. The molecule has 1 aromatic rings. The summed E-state index contributed by atoms with van der Waals surface area (Å²) in [5, 5.41) is 2.65. The van der Waals surface area contributed by atoms with Crippen LogP contribution >= 0.6 is 0 Å². The summed E-state index contributed by atoms with van der Waals surface area (Å²) in [6.45, 7) is 3.60. The van der Waals surface area contributed by atoms with Crippen molar-refractivity contribution in [2.24, 2.45) is 0 Å². The topological polar surface area (TPSA) is 64.6 Å². The van der Waals surface area contributed by atoms with E-state index in [4.69, 9.17) is 0 Å². The average Bonchev–Trinajstić information content (AvgIpc) is 2.74. The molecule has 3 heterocycles. The van der Waals surface area contributed by atoms with Gasteiger partial charge in [0.05, 0.1) is 6.54 Å². The normalized spacial score (nSPS) is 23.8. The second kappa shape index (κ2) is 8.77. The number of rotatable bonds is 3. The molecule has 3 fully saturated rings. The Bertz CT molecular complexity index is 704. The number of alkyl halides is 2. The zero-order valence-electron chi connectivity index (χ0n) is 16.8. The molecule has 0 spiro atoms. The van der Waals surface area contributed by atoms with Crippen LogP contribution in [0.3, 0.4) is 0 Å². The molecule has 160 valence electrons. The Morgan fingerprint density at radius 2 is 1.79 bits per heavy atom. The van der Waals surface area contributed by atoms with E-state index in [1.807, 2.05) is 0 Å². The third-order valence-corrected chi connectivity index (χ3v) is 6.30. The molecule has 0 aromatic carbocycles. The number of urea groups is 1. The first kappa shape index (κ1) is 20.3. The number of piperidine rings is 1. The van der Waals surface area contributed by atoms with Gasteiger partial charge in [-0.2, -0.15) is 0 Å². The van der Waals surface area contributed by atoms with E-state index in [-0.39, 0.29) is 6.42 Å². The first-order valence-electron chi connectivity index (χ1n) is 10.7. The Balaban J connectivity index is 1.32. The largest absolute Gasteiger partial charge is 0.354 e. The van der Waals surface area contributed by atoms with Crippen LogP contribution in [0.4, 0.5) is 25.2 Å². The van der Waals surface area contributed by atoms with Crippen LogP contribution in [0.25, 0.3) is 0 Å². The predicted molar refractivity (Wildman–Crippen MR) is 107 cm³/mol. The number of aromatic nitrogens is 2. The monoisotopic (exact) mass is 408 g/mol. The number of hydrogen-bond donors (Lipinski definition) is 1. The lowest BCUT2D eigenvalue weighted by Gasteiger charge is -2.41. The Labute approximate surface area is 170 Å². The van der Waals surface area contributed by atoms with Gasteiger partial charge in [0.1, 0.15) is 18.0 Å². The molecule has 3 aliphatic rings. The van der Waals surface area contributed by atoms with Gasteiger partial charge < -0.3 is 9.80 Å². The minimum Gasteiger partial charge on any atom is -0.354 e. The zero-order valence-corrected chi connectivity index (χ0v) is 16.8. The summed E-state index contributed by atoms with van der Waals surface area (Å²) in [6, 6.07) is 1.92. The van der Waals surface area contributed by atoms with E-state index in [1.54, 1.807) is 6.07 Å². The Morgan fingerprint density at radius 1 is 1.03 bits per heavy atom. The van der Waals surface area contributed by atoms with Crippen molar-refractivity contribution in [3.8, 4) is 0 Å². The minimum absolute atomic E-state index is 0.165. The van der Waals surface area contributed by atoms with Gasteiger partial charge in [-0.15, -0.1) is 0 Å². The molecule has 1 aromatic heterocycles. The van der Waals surface area contributed by atoms with Crippen LogP contribution in [-0.2, 0) is 0 Å². The second-order valence-electron chi connectivity index (χ2n) is 8.39. The summed E-state index contributed by atoms with van der Waals surface area (Å²) in [5.74, 6) is -1.70. The van der Waals surface area contributed by atoms with Crippen LogP contribution in [0, 0.1) is 0 Å². The van der Waals surface area contributed by atoms with Crippen molar-refractivity contribution in [2.75, 3.05) is 49.5 Å². The maximum Gasteiger partial charge on any atom is 0.323 e. The maximum absolute atomic E-state index is 13.6. The fraction of sp³-hybridized carbons (Fsp3) is 0.750. The number of carbonyl (C=O) groups excluding carboxylic acids is 1. The molecule has 0 atom stereocenters. The van der Waals surface area contributed by atoms with Crippen LogP contribution in [0.15, 0.2) is 12.4 Å². The first-order chi connectivity index (χ1) is 14.0. The molecule has 1 saturated carbocycles. The average molecular weight is 408 g/mol. The molecule has 0 radical (unpaired) electrons. The van der Waals surface area contributed by atoms with Crippen LogP contribution < -0.4 is 10.2 Å². The molecule has 1 N–H and O–H groups in total. The van der Waals surface area contributed by atoms with Gasteiger partial charge in [-0.05, 0) is 19.3 Å². The molecule has 4 rings (SSSR count). The van der Waals surface area contributed by atoms with Crippen LogP contribution in [-0.4, -0.2) is 77.0 Å². The highest BCUT2D eigenvalue weighted by Gasteiger charge is 2.37. The van der Waals surface area contributed by atoms with Crippen LogP contribution in [0.2, 0.25) is 0 Å². The summed E-state index contributed by atoms with van der Waals surface area (Å²) < 4.78 is 27.1. The minimum atomic E-state index is -2.82. The number of halogens is 2. The fourth-order valence-corrected chi connectivity index (χ4v) is 4.68. The number of hydrogen-bond acceptors (Lipinski definition) is 5. The third-order valence-electron chi connectivity index (χ3n) is 6.30. The van der Waals surface area contributed by atoms with Gasteiger partial charge in [0.25, 0.3) is 5.92 Å². The molecule has 2 amide bonds. The lowest BCUT2D eigenvalue weighted by atomic mass is 9.94. The summed E-state index contributed by atoms with van der Waals surface area (Å²) in [6.07, 6.45) is 8.20. The Hall–Kier alpha value is -2.03. The summed E-state index contributed by atoms with van der Waals surface area (Å²) in [7, 11) is 0. The van der Waals surface area contributed by atoms with Gasteiger partial charge in [-0.1, -0.05) is 19.3 Å². The van der Waals surface area contributed by atoms with Gasteiger partial charge in [-0.3, -0.25) is 10.2 Å². The van der Waals surface area contributed by atoms with Crippen molar-refractivity contribution in [3.05, 3.63) is 12.4 Å². The maximum atomic E-state index is 13.6. The number of likely N-dealkylation sites (tertiary alicyclic amines) is 1. The van der Waals surface area contributed by atoms with Crippen molar-refractivity contribution < 1.29 is 13.6 Å². The number of amides is 2. The van der Waals surface area contributed by atoms with Gasteiger partial charge in [0.15, 0.2) is 0 Å². The lowest BCUT2D eigenvalue weighted by molar-refractivity contribution is -0.0510. The zero-order chi connectivity index (χ0) is 20.3. The number of nitrogens with one attached hydrogen (secondary N) is 1. The predicted octanol–water partition coefficient (Wildman–Crippen LogP) is 3.19. The van der Waals surface area contributed by atoms with E-state index in [0.29, 0.717) is 24.8 Å². The number of anilines is 2. The highest BCUT2D eigenvalue weighted by molar-refractivity contribution is 5.88. The molecule has 0 bridgehead atoms.